The van der Waals surface area contributed by atoms with E-state index in [4.69, 9.17) is 0 Å². The van der Waals surface area contributed by atoms with Crippen molar-refractivity contribution in [2.24, 2.45) is 11.3 Å². The molecule has 0 aromatic carbocycles. The number of carboxylic acid groups (broad SMARTS) is 1. The van der Waals surface area contributed by atoms with Crippen molar-refractivity contribution in [3.63, 3.8) is 0 Å². The number of hydrogen-bond donors (Lipinski definition) is 3. The van der Waals surface area contributed by atoms with Gasteiger partial charge in [0, 0.05) is 12.1 Å². The van der Waals surface area contributed by atoms with Crippen LogP contribution in [-0.4, -0.2) is 35.6 Å². The summed E-state index contributed by atoms with van der Waals surface area (Å²) >= 11 is 0. The first-order valence-corrected chi connectivity index (χ1v) is 6.44. The van der Waals surface area contributed by atoms with E-state index in [0.29, 0.717) is 6.54 Å². The van der Waals surface area contributed by atoms with E-state index >= 15 is 0 Å². The topological polar surface area (TPSA) is 78.4 Å². The third-order valence-corrected chi connectivity index (χ3v) is 4.20. The monoisotopic (exact) mass is 256 g/mol. The summed E-state index contributed by atoms with van der Waals surface area (Å²) in [6.07, 6.45) is 1.85. The molecular formula is C13H24N2O3. The molecule has 1 heterocycles. The van der Waals surface area contributed by atoms with Crippen molar-refractivity contribution in [1.82, 2.24) is 10.6 Å². The highest BCUT2D eigenvalue weighted by molar-refractivity contribution is 5.82. The predicted octanol–water partition coefficient (Wildman–Crippen LogP) is 0.992. The van der Waals surface area contributed by atoms with Crippen molar-refractivity contribution in [1.29, 1.82) is 0 Å². The molecule has 5 heteroatoms. The van der Waals surface area contributed by atoms with Gasteiger partial charge in [-0.25, -0.2) is 0 Å². The fraction of sp³-hybridized carbons (Fsp3) is 0.846. The number of rotatable bonds is 4. The molecular weight excluding hydrogens is 232 g/mol. The Balaban J connectivity index is 2.70. The molecule has 0 aromatic heterocycles. The minimum Gasteiger partial charge on any atom is -0.481 e. The van der Waals surface area contributed by atoms with E-state index in [1.165, 1.54) is 0 Å². The maximum atomic E-state index is 12.1. The van der Waals surface area contributed by atoms with Crippen LogP contribution in [0.1, 0.15) is 40.5 Å². The lowest BCUT2D eigenvalue weighted by molar-refractivity contribution is -0.152. The van der Waals surface area contributed by atoms with Crippen molar-refractivity contribution in [3.05, 3.63) is 0 Å². The van der Waals surface area contributed by atoms with E-state index in [-0.39, 0.29) is 11.8 Å². The molecule has 0 saturated carbocycles. The molecule has 0 spiro atoms. The Labute approximate surface area is 108 Å². The van der Waals surface area contributed by atoms with Crippen LogP contribution in [-0.2, 0) is 9.59 Å². The maximum absolute atomic E-state index is 12.1. The van der Waals surface area contributed by atoms with Crippen LogP contribution in [0.2, 0.25) is 0 Å². The van der Waals surface area contributed by atoms with E-state index in [9.17, 15) is 14.7 Å². The zero-order valence-electron chi connectivity index (χ0n) is 11.7. The highest BCUT2D eigenvalue weighted by atomic mass is 16.4. The van der Waals surface area contributed by atoms with Crippen molar-refractivity contribution in [2.45, 2.75) is 46.1 Å². The van der Waals surface area contributed by atoms with Crippen molar-refractivity contribution in [3.8, 4) is 0 Å². The van der Waals surface area contributed by atoms with Gasteiger partial charge >= 0.3 is 5.97 Å². The quantitative estimate of drug-likeness (QED) is 0.701. The SMILES string of the molecule is CC(C)(NC(=O)[C@@H]1CCCNC1)C(C)(C)C(=O)O. The van der Waals surface area contributed by atoms with Gasteiger partial charge in [-0.1, -0.05) is 0 Å². The Morgan fingerprint density at radius 3 is 2.33 bits per heavy atom. The molecule has 0 aromatic rings. The average molecular weight is 256 g/mol. The highest BCUT2D eigenvalue weighted by Gasteiger charge is 2.45. The van der Waals surface area contributed by atoms with E-state index in [0.717, 1.165) is 19.4 Å². The minimum absolute atomic E-state index is 0.0531. The van der Waals surface area contributed by atoms with Gasteiger partial charge in [0.15, 0.2) is 0 Å². The van der Waals surface area contributed by atoms with Crippen LogP contribution in [0, 0.1) is 11.3 Å². The zero-order chi connectivity index (χ0) is 14.0. The number of hydrogen-bond acceptors (Lipinski definition) is 3. The molecule has 18 heavy (non-hydrogen) atoms. The standard InChI is InChI=1S/C13H24N2O3/c1-12(2,11(17)18)13(3,4)15-10(16)9-6-5-7-14-8-9/h9,14H,5-8H2,1-4H3,(H,15,16)(H,17,18)/t9-/m1/s1. The van der Waals surface area contributed by atoms with E-state index < -0.39 is 16.9 Å². The van der Waals surface area contributed by atoms with Gasteiger partial charge < -0.3 is 15.7 Å². The average Bonchev–Trinajstić information content (AvgIpc) is 2.29. The minimum atomic E-state index is -1.01. The van der Waals surface area contributed by atoms with Crippen LogP contribution in [0.15, 0.2) is 0 Å². The number of carboxylic acids is 1. The lowest BCUT2D eigenvalue weighted by Crippen LogP contribution is -2.59. The molecule has 1 atom stereocenters. The van der Waals surface area contributed by atoms with Gasteiger partial charge in [0.05, 0.1) is 11.3 Å². The fourth-order valence-electron chi connectivity index (χ4n) is 1.91. The fourth-order valence-corrected chi connectivity index (χ4v) is 1.91. The van der Waals surface area contributed by atoms with Crippen LogP contribution < -0.4 is 10.6 Å². The number of amides is 1. The first kappa shape index (κ1) is 15.0. The van der Waals surface area contributed by atoms with Crippen molar-refractivity contribution in [2.75, 3.05) is 13.1 Å². The second-order valence-electron chi connectivity index (χ2n) is 6.09. The third-order valence-electron chi connectivity index (χ3n) is 4.20. The van der Waals surface area contributed by atoms with Crippen LogP contribution in [0.5, 0.6) is 0 Å². The van der Waals surface area contributed by atoms with Crippen molar-refractivity contribution >= 4 is 11.9 Å². The molecule has 104 valence electrons. The summed E-state index contributed by atoms with van der Waals surface area (Å²) in [6, 6.07) is 0. The second-order valence-corrected chi connectivity index (χ2v) is 6.09. The Hall–Kier alpha value is -1.10. The number of piperidine rings is 1. The Morgan fingerprint density at radius 2 is 1.89 bits per heavy atom. The molecule has 1 saturated heterocycles. The molecule has 0 radical (unpaired) electrons. The molecule has 1 aliphatic heterocycles. The molecule has 0 unspecified atom stereocenters. The largest absolute Gasteiger partial charge is 0.481 e. The van der Waals surface area contributed by atoms with Gasteiger partial charge in [0.1, 0.15) is 0 Å². The molecule has 0 aliphatic carbocycles. The predicted molar refractivity (Wildman–Crippen MR) is 69.2 cm³/mol. The van der Waals surface area contributed by atoms with Crippen LogP contribution >= 0.6 is 0 Å². The summed E-state index contributed by atoms with van der Waals surface area (Å²) < 4.78 is 0. The first-order chi connectivity index (χ1) is 8.18. The summed E-state index contributed by atoms with van der Waals surface area (Å²) in [5.74, 6) is -1.02. The van der Waals surface area contributed by atoms with Gasteiger partial charge in [-0.05, 0) is 47.1 Å². The normalized spacial score (nSPS) is 21.4. The van der Waals surface area contributed by atoms with E-state index in [1.54, 1.807) is 27.7 Å². The van der Waals surface area contributed by atoms with Crippen LogP contribution in [0.25, 0.3) is 0 Å². The molecule has 1 amide bonds. The molecule has 3 N–H and O–H groups in total. The lowest BCUT2D eigenvalue weighted by atomic mass is 9.74. The second kappa shape index (κ2) is 5.26. The summed E-state index contributed by atoms with van der Waals surface area (Å²) in [5, 5.41) is 15.3. The van der Waals surface area contributed by atoms with Gasteiger partial charge in [0.2, 0.25) is 5.91 Å². The van der Waals surface area contributed by atoms with E-state index in [1.807, 2.05) is 0 Å². The summed E-state index contributed by atoms with van der Waals surface area (Å²) in [4.78, 5) is 23.4. The van der Waals surface area contributed by atoms with Gasteiger partial charge in [-0.15, -0.1) is 0 Å². The number of nitrogens with one attached hydrogen (secondary N) is 2. The summed E-state index contributed by atoms with van der Waals surface area (Å²) in [6.45, 7) is 8.41. The Bertz CT molecular complexity index is 331. The zero-order valence-corrected chi connectivity index (χ0v) is 11.7. The molecule has 0 bridgehead atoms. The maximum Gasteiger partial charge on any atom is 0.311 e. The Morgan fingerprint density at radius 1 is 1.28 bits per heavy atom. The number of carbonyl (C=O) groups excluding carboxylic acids is 1. The van der Waals surface area contributed by atoms with Crippen molar-refractivity contribution < 1.29 is 14.7 Å². The number of carbonyl (C=O) groups is 2. The van der Waals surface area contributed by atoms with Gasteiger partial charge in [-0.3, -0.25) is 9.59 Å². The van der Waals surface area contributed by atoms with E-state index in [2.05, 4.69) is 10.6 Å². The smallest absolute Gasteiger partial charge is 0.311 e. The molecule has 1 aliphatic rings. The highest BCUT2D eigenvalue weighted by Crippen LogP contribution is 2.31. The van der Waals surface area contributed by atoms with Crippen LogP contribution in [0.4, 0.5) is 0 Å². The van der Waals surface area contributed by atoms with Crippen LogP contribution in [0.3, 0.4) is 0 Å². The molecule has 5 nitrogen and oxygen atoms in total. The third kappa shape index (κ3) is 3.02. The lowest BCUT2D eigenvalue weighted by Gasteiger charge is -2.40. The summed E-state index contributed by atoms with van der Waals surface area (Å²) in [5.41, 5.74) is -1.79. The van der Waals surface area contributed by atoms with Gasteiger partial charge in [-0.2, -0.15) is 0 Å². The summed E-state index contributed by atoms with van der Waals surface area (Å²) in [7, 11) is 0. The molecule has 1 rings (SSSR count). The molecule has 1 fully saturated rings. The van der Waals surface area contributed by atoms with Gasteiger partial charge in [0.25, 0.3) is 0 Å². The Kier molecular flexibility index (Phi) is 4.37. The first-order valence-electron chi connectivity index (χ1n) is 6.44. The number of aliphatic carboxylic acids is 1.